The number of rotatable bonds is 0. The minimum Gasteiger partial charge on any atom is -0.373 e. The second-order valence-electron chi connectivity index (χ2n) is 3.20. The standard InChI is InChI=1S/C7H12N2O/c1-5-6-3-4-8-7(6,2)10-9-5/h6,8H,3-4H2,1-2H3/t6?,7-/m0/s1. The zero-order chi connectivity index (χ0) is 7.19. The van der Waals surface area contributed by atoms with Crippen LogP contribution in [0.1, 0.15) is 20.3 Å². The second kappa shape index (κ2) is 1.72. The molecule has 0 radical (unpaired) electrons. The molecule has 3 heteroatoms. The second-order valence-corrected chi connectivity index (χ2v) is 3.20. The molecule has 0 aromatic rings. The summed E-state index contributed by atoms with van der Waals surface area (Å²) >= 11 is 0. The van der Waals surface area contributed by atoms with E-state index < -0.39 is 0 Å². The summed E-state index contributed by atoms with van der Waals surface area (Å²) in [5.74, 6) is 0.507. The third-order valence-corrected chi connectivity index (χ3v) is 2.46. The van der Waals surface area contributed by atoms with Crippen LogP contribution in [-0.2, 0) is 4.84 Å². The minimum absolute atomic E-state index is 0.177. The van der Waals surface area contributed by atoms with Gasteiger partial charge in [-0.1, -0.05) is 5.16 Å². The van der Waals surface area contributed by atoms with Gasteiger partial charge >= 0.3 is 0 Å². The summed E-state index contributed by atoms with van der Waals surface area (Å²) in [6, 6.07) is 0. The van der Waals surface area contributed by atoms with Crippen molar-refractivity contribution in [1.82, 2.24) is 5.32 Å². The van der Waals surface area contributed by atoms with Crippen molar-refractivity contribution in [1.29, 1.82) is 0 Å². The van der Waals surface area contributed by atoms with Crippen molar-refractivity contribution in [3.8, 4) is 0 Å². The minimum atomic E-state index is -0.177. The van der Waals surface area contributed by atoms with Gasteiger partial charge in [-0.15, -0.1) is 0 Å². The van der Waals surface area contributed by atoms with Gasteiger partial charge in [0.1, 0.15) is 0 Å². The highest BCUT2D eigenvalue weighted by atomic mass is 16.7. The molecule has 0 aliphatic carbocycles. The SMILES string of the molecule is CC1=NO[C@]2(C)NCCC12. The number of oxime groups is 1. The molecule has 3 nitrogen and oxygen atoms in total. The Hall–Kier alpha value is -0.570. The largest absolute Gasteiger partial charge is 0.373 e. The Kier molecular flexibility index (Phi) is 1.06. The zero-order valence-corrected chi connectivity index (χ0v) is 6.35. The van der Waals surface area contributed by atoms with Crippen LogP contribution in [0.15, 0.2) is 5.16 Å². The van der Waals surface area contributed by atoms with E-state index in [1.54, 1.807) is 0 Å². The zero-order valence-electron chi connectivity index (χ0n) is 6.35. The molecule has 10 heavy (non-hydrogen) atoms. The van der Waals surface area contributed by atoms with Gasteiger partial charge in [-0.3, -0.25) is 5.32 Å². The lowest BCUT2D eigenvalue weighted by Crippen LogP contribution is -2.41. The Morgan fingerprint density at radius 2 is 2.60 bits per heavy atom. The maximum atomic E-state index is 5.25. The molecule has 2 atom stereocenters. The predicted molar refractivity (Wildman–Crippen MR) is 38.7 cm³/mol. The molecule has 2 heterocycles. The van der Waals surface area contributed by atoms with Gasteiger partial charge in [-0.25, -0.2) is 0 Å². The van der Waals surface area contributed by atoms with Crippen molar-refractivity contribution >= 4 is 5.71 Å². The van der Waals surface area contributed by atoms with Gasteiger partial charge in [0.2, 0.25) is 0 Å². The van der Waals surface area contributed by atoms with Crippen LogP contribution in [0.4, 0.5) is 0 Å². The summed E-state index contributed by atoms with van der Waals surface area (Å²) in [4.78, 5) is 5.25. The van der Waals surface area contributed by atoms with Gasteiger partial charge in [-0.05, 0) is 26.8 Å². The highest BCUT2D eigenvalue weighted by Crippen LogP contribution is 2.33. The Labute approximate surface area is 60.4 Å². The van der Waals surface area contributed by atoms with E-state index in [9.17, 15) is 0 Å². The number of hydrogen-bond acceptors (Lipinski definition) is 3. The van der Waals surface area contributed by atoms with E-state index in [-0.39, 0.29) is 5.72 Å². The summed E-state index contributed by atoms with van der Waals surface area (Å²) < 4.78 is 0. The fourth-order valence-electron chi connectivity index (χ4n) is 1.80. The monoisotopic (exact) mass is 140 g/mol. The molecule has 2 rings (SSSR count). The van der Waals surface area contributed by atoms with Gasteiger partial charge in [0.15, 0.2) is 5.72 Å². The molecule has 1 saturated heterocycles. The first-order valence-corrected chi connectivity index (χ1v) is 3.70. The van der Waals surface area contributed by atoms with E-state index in [1.807, 2.05) is 6.92 Å². The Morgan fingerprint density at radius 3 is 3.30 bits per heavy atom. The van der Waals surface area contributed by atoms with Crippen molar-refractivity contribution < 1.29 is 4.84 Å². The van der Waals surface area contributed by atoms with Gasteiger partial charge in [-0.2, -0.15) is 0 Å². The lowest BCUT2D eigenvalue weighted by atomic mass is 9.95. The highest BCUT2D eigenvalue weighted by molar-refractivity contribution is 5.86. The maximum absolute atomic E-state index is 5.25. The van der Waals surface area contributed by atoms with Gasteiger partial charge in [0.05, 0.1) is 11.6 Å². The molecular formula is C7H12N2O. The van der Waals surface area contributed by atoms with Crippen LogP contribution in [0.5, 0.6) is 0 Å². The molecule has 0 bridgehead atoms. The summed E-state index contributed by atoms with van der Waals surface area (Å²) in [7, 11) is 0. The number of hydrogen-bond donors (Lipinski definition) is 1. The van der Waals surface area contributed by atoms with Crippen molar-refractivity contribution in [3.05, 3.63) is 0 Å². The summed E-state index contributed by atoms with van der Waals surface area (Å²) in [6.45, 7) is 5.14. The average molecular weight is 140 g/mol. The number of nitrogens with one attached hydrogen (secondary N) is 1. The van der Waals surface area contributed by atoms with Crippen LogP contribution in [0.3, 0.4) is 0 Å². The summed E-state index contributed by atoms with van der Waals surface area (Å²) in [6.07, 6.45) is 1.16. The van der Waals surface area contributed by atoms with E-state index in [1.165, 1.54) is 0 Å². The lowest BCUT2D eigenvalue weighted by Gasteiger charge is -2.20. The maximum Gasteiger partial charge on any atom is 0.194 e. The van der Waals surface area contributed by atoms with Crippen LogP contribution in [-0.4, -0.2) is 18.0 Å². The van der Waals surface area contributed by atoms with Crippen molar-refractivity contribution in [2.45, 2.75) is 26.0 Å². The molecule has 1 fully saturated rings. The molecule has 0 aromatic carbocycles. The normalized spacial score (nSPS) is 44.6. The van der Waals surface area contributed by atoms with E-state index in [4.69, 9.17) is 4.84 Å². The number of fused-ring (bicyclic) bond motifs is 1. The topological polar surface area (TPSA) is 33.6 Å². The average Bonchev–Trinajstić information content (AvgIpc) is 2.35. The van der Waals surface area contributed by atoms with Gasteiger partial charge in [0, 0.05) is 0 Å². The van der Waals surface area contributed by atoms with Crippen LogP contribution < -0.4 is 5.32 Å². The lowest BCUT2D eigenvalue weighted by molar-refractivity contribution is -0.0343. The third kappa shape index (κ3) is 0.611. The van der Waals surface area contributed by atoms with Crippen molar-refractivity contribution in [2.24, 2.45) is 11.1 Å². The molecule has 1 N–H and O–H groups in total. The van der Waals surface area contributed by atoms with Crippen molar-refractivity contribution in [2.75, 3.05) is 6.54 Å². The molecule has 0 aromatic heterocycles. The Balaban J connectivity index is 2.27. The fraction of sp³-hybridized carbons (Fsp3) is 0.857. The first-order valence-electron chi connectivity index (χ1n) is 3.70. The first-order chi connectivity index (χ1) is 4.72. The van der Waals surface area contributed by atoms with Crippen LogP contribution in [0, 0.1) is 5.92 Å². The third-order valence-electron chi connectivity index (χ3n) is 2.46. The molecule has 1 unspecified atom stereocenters. The van der Waals surface area contributed by atoms with E-state index in [0.717, 1.165) is 18.7 Å². The molecule has 0 spiro atoms. The predicted octanol–water partition coefficient (Wildman–Crippen LogP) is 0.718. The molecule has 2 aliphatic heterocycles. The van der Waals surface area contributed by atoms with Crippen molar-refractivity contribution in [3.63, 3.8) is 0 Å². The van der Waals surface area contributed by atoms with Crippen LogP contribution in [0.2, 0.25) is 0 Å². The molecular weight excluding hydrogens is 128 g/mol. The smallest absolute Gasteiger partial charge is 0.194 e. The van der Waals surface area contributed by atoms with Gasteiger partial charge < -0.3 is 4.84 Å². The summed E-state index contributed by atoms with van der Waals surface area (Å²) in [5, 5.41) is 7.24. The Bertz CT molecular complexity index is 190. The first kappa shape index (κ1) is 6.16. The molecule has 2 aliphatic rings. The van der Waals surface area contributed by atoms with Gasteiger partial charge in [0.25, 0.3) is 0 Å². The van der Waals surface area contributed by atoms with E-state index in [0.29, 0.717) is 5.92 Å². The number of nitrogens with zero attached hydrogens (tertiary/aromatic N) is 1. The molecule has 56 valence electrons. The Morgan fingerprint density at radius 1 is 1.80 bits per heavy atom. The van der Waals surface area contributed by atoms with Crippen LogP contribution in [0.25, 0.3) is 0 Å². The highest BCUT2D eigenvalue weighted by Gasteiger charge is 2.46. The van der Waals surface area contributed by atoms with E-state index >= 15 is 0 Å². The molecule has 0 saturated carbocycles. The quantitative estimate of drug-likeness (QED) is 0.538. The van der Waals surface area contributed by atoms with E-state index in [2.05, 4.69) is 17.4 Å². The molecule has 0 amide bonds. The van der Waals surface area contributed by atoms with Crippen LogP contribution >= 0.6 is 0 Å². The summed E-state index contributed by atoms with van der Waals surface area (Å²) in [5.41, 5.74) is 0.955. The fourth-order valence-corrected chi connectivity index (χ4v) is 1.80.